The number of allylic oxidation sites excluding steroid dienone is 1. The molecule has 0 spiro atoms. The van der Waals surface area contributed by atoms with E-state index in [0.29, 0.717) is 47.0 Å². The van der Waals surface area contributed by atoms with E-state index in [-0.39, 0.29) is 11.8 Å². The number of nitrogens with zero attached hydrogens (tertiary/aromatic N) is 1. The number of halogens is 1. The molecule has 1 unspecified atom stereocenters. The summed E-state index contributed by atoms with van der Waals surface area (Å²) in [5, 5.41) is 4.30. The van der Waals surface area contributed by atoms with Crippen LogP contribution in [-0.4, -0.2) is 35.6 Å². The number of carbonyl (C=O) groups is 1. The molecule has 5 nitrogen and oxygen atoms in total. The highest BCUT2D eigenvalue weighted by Gasteiger charge is 2.32. The Hall–Kier alpha value is -1.79. The zero-order valence-electron chi connectivity index (χ0n) is 15.8. The SMILES string of the molecule is CCOc1cc(C2NC(=S)N(CC)C(C)=C2C(C)=O)cc(Cl)c1OCC. The van der Waals surface area contributed by atoms with Crippen molar-refractivity contribution < 1.29 is 14.3 Å². The summed E-state index contributed by atoms with van der Waals surface area (Å²) in [5.74, 6) is 1.06. The van der Waals surface area contributed by atoms with Crippen LogP contribution in [0.25, 0.3) is 0 Å². The molecule has 0 saturated carbocycles. The Bertz CT molecular complexity index is 749. The van der Waals surface area contributed by atoms with Gasteiger partial charge >= 0.3 is 0 Å². The number of hydrogen-bond donors (Lipinski definition) is 1. The smallest absolute Gasteiger partial charge is 0.179 e. The summed E-state index contributed by atoms with van der Waals surface area (Å²) in [6.07, 6.45) is 0. The average Bonchev–Trinajstić information content (AvgIpc) is 2.57. The van der Waals surface area contributed by atoms with Crippen LogP contribution in [0.4, 0.5) is 0 Å². The molecule has 1 N–H and O–H groups in total. The van der Waals surface area contributed by atoms with Crippen LogP contribution in [-0.2, 0) is 4.79 Å². The van der Waals surface area contributed by atoms with E-state index in [4.69, 9.17) is 33.3 Å². The van der Waals surface area contributed by atoms with Gasteiger partial charge in [-0.15, -0.1) is 0 Å². The predicted octanol–water partition coefficient (Wildman–Crippen LogP) is 4.25. The number of ether oxygens (including phenoxy) is 2. The van der Waals surface area contributed by atoms with Crippen molar-refractivity contribution in [2.75, 3.05) is 19.8 Å². The summed E-state index contributed by atoms with van der Waals surface area (Å²) >= 11 is 11.9. The summed E-state index contributed by atoms with van der Waals surface area (Å²) in [7, 11) is 0. The van der Waals surface area contributed by atoms with Crippen molar-refractivity contribution in [2.45, 2.75) is 40.7 Å². The highest BCUT2D eigenvalue weighted by molar-refractivity contribution is 7.80. The number of ketones is 1. The van der Waals surface area contributed by atoms with Crippen LogP contribution in [0, 0.1) is 0 Å². The number of hydrogen-bond acceptors (Lipinski definition) is 4. The first-order chi connectivity index (χ1) is 12.3. The van der Waals surface area contributed by atoms with Crippen molar-refractivity contribution in [1.82, 2.24) is 10.2 Å². The van der Waals surface area contributed by atoms with Crippen molar-refractivity contribution in [2.24, 2.45) is 0 Å². The summed E-state index contributed by atoms with van der Waals surface area (Å²) in [4.78, 5) is 14.3. The van der Waals surface area contributed by atoms with Crippen molar-refractivity contribution in [3.05, 3.63) is 34.0 Å². The number of rotatable bonds is 7. The fourth-order valence-corrected chi connectivity index (χ4v) is 3.83. The Morgan fingerprint density at radius 2 is 1.92 bits per heavy atom. The van der Waals surface area contributed by atoms with Gasteiger partial charge in [0, 0.05) is 17.8 Å². The van der Waals surface area contributed by atoms with Gasteiger partial charge < -0.3 is 19.7 Å². The summed E-state index contributed by atoms with van der Waals surface area (Å²) in [5.41, 5.74) is 2.34. The standard InChI is InChI=1S/C19H25ClN2O3S/c1-6-22-11(4)16(12(5)23)17(21-19(22)26)13-9-14(20)18(25-8-3)15(10-13)24-7-2/h9-10,17H,6-8H2,1-5H3,(H,21,26). The minimum Gasteiger partial charge on any atom is -0.490 e. The Morgan fingerprint density at radius 1 is 1.27 bits per heavy atom. The second-order valence-electron chi connectivity index (χ2n) is 5.88. The zero-order chi connectivity index (χ0) is 19.4. The average molecular weight is 397 g/mol. The van der Waals surface area contributed by atoms with Crippen molar-refractivity contribution in [1.29, 1.82) is 0 Å². The molecule has 1 aliphatic rings. The van der Waals surface area contributed by atoms with Crippen molar-refractivity contribution in [3.8, 4) is 11.5 Å². The first-order valence-corrected chi connectivity index (χ1v) is 9.52. The van der Waals surface area contributed by atoms with Gasteiger partial charge in [-0.2, -0.15) is 0 Å². The molecule has 1 aliphatic heterocycles. The maximum Gasteiger partial charge on any atom is 0.179 e. The minimum absolute atomic E-state index is 0.0103. The lowest BCUT2D eigenvalue weighted by molar-refractivity contribution is -0.114. The fraction of sp³-hybridized carbons (Fsp3) is 0.474. The highest BCUT2D eigenvalue weighted by atomic mass is 35.5. The van der Waals surface area contributed by atoms with Crippen LogP contribution in [0.3, 0.4) is 0 Å². The van der Waals surface area contributed by atoms with Gasteiger partial charge in [-0.05, 0) is 64.5 Å². The van der Waals surface area contributed by atoms with E-state index in [0.717, 1.165) is 11.3 Å². The molecule has 0 bridgehead atoms. The molecule has 0 amide bonds. The van der Waals surface area contributed by atoms with Crippen molar-refractivity contribution in [3.63, 3.8) is 0 Å². The van der Waals surface area contributed by atoms with E-state index in [1.165, 1.54) is 0 Å². The maximum atomic E-state index is 12.4. The molecule has 7 heteroatoms. The van der Waals surface area contributed by atoms with Gasteiger partial charge in [-0.3, -0.25) is 4.79 Å². The van der Waals surface area contributed by atoms with Crippen LogP contribution in [0.1, 0.15) is 46.2 Å². The van der Waals surface area contributed by atoms with E-state index in [1.807, 2.05) is 38.7 Å². The van der Waals surface area contributed by atoms with Gasteiger partial charge in [-0.1, -0.05) is 11.6 Å². The summed E-state index contributed by atoms with van der Waals surface area (Å²) in [6, 6.07) is 3.28. The van der Waals surface area contributed by atoms with E-state index in [9.17, 15) is 4.79 Å². The molecule has 142 valence electrons. The van der Waals surface area contributed by atoms with Gasteiger partial charge in [0.2, 0.25) is 0 Å². The van der Waals surface area contributed by atoms with Gasteiger partial charge in [-0.25, -0.2) is 0 Å². The Balaban J connectivity index is 2.60. The molecule has 2 rings (SSSR count). The fourth-order valence-electron chi connectivity index (χ4n) is 3.17. The lowest BCUT2D eigenvalue weighted by Crippen LogP contribution is -2.47. The molecule has 1 atom stereocenters. The Labute approximate surface area is 165 Å². The van der Waals surface area contributed by atoms with Gasteiger partial charge in [0.1, 0.15) is 0 Å². The summed E-state index contributed by atoms with van der Waals surface area (Å²) < 4.78 is 11.3. The van der Waals surface area contributed by atoms with E-state index in [1.54, 1.807) is 13.0 Å². The third-order valence-electron chi connectivity index (χ3n) is 4.25. The third-order valence-corrected chi connectivity index (χ3v) is 4.86. The lowest BCUT2D eigenvalue weighted by atomic mass is 9.92. The zero-order valence-corrected chi connectivity index (χ0v) is 17.4. The molecule has 0 aliphatic carbocycles. The van der Waals surface area contributed by atoms with Gasteiger partial charge in [0.05, 0.1) is 24.3 Å². The molecule has 1 aromatic carbocycles. The molecule has 0 aromatic heterocycles. The number of benzene rings is 1. The van der Waals surface area contributed by atoms with Crippen LogP contribution >= 0.6 is 23.8 Å². The van der Waals surface area contributed by atoms with Crippen LogP contribution in [0.5, 0.6) is 11.5 Å². The first-order valence-electron chi connectivity index (χ1n) is 8.74. The largest absolute Gasteiger partial charge is 0.490 e. The van der Waals surface area contributed by atoms with Crippen molar-refractivity contribution >= 4 is 34.7 Å². The number of nitrogens with one attached hydrogen (secondary N) is 1. The summed E-state index contributed by atoms with van der Waals surface area (Å²) in [6.45, 7) is 10.9. The number of Topliss-reactive ketones (excluding diaryl/α,β-unsaturated/α-hetero) is 1. The molecule has 1 aromatic rings. The molecule has 1 heterocycles. The van der Waals surface area contributed by atoms with E-state index in [2.05, 4.69) is 5.32 Å². The third kappa shape index (κ3) is 3.96. The second kappa shape index (κ2) is 8.73. The number of carbonyl (C=O) groups excluding carboxylic acids is 1. The van der Waals surface area contributed by atoms with E-state index >= 15 is 0 Å². The molecule has 26 heavy (non-hydrogen) atoms. The lowest BCUT2D eigenvalue weighted by Gasteiger charge is -2.37. The van der Waals surface area contributed by atoms with Gasteiger partial charge in [0.15, 0.2) is 22.4 Å². The monoisotopic (exact) mass is 396 g/mol. The normalized spacial score (nSPS) is 17.2. The maximum absolute atomic E-state index is 12.4. The Morgan fingerprint density at radius 3 is 2.46 bits per heavy atom. The second-order valence-corrected chi connectivity index (χ2v) is 6.67. The molecular formula is C19H25ClN2O3S. The molecule has 0 saturated heterocycles. The first kappa shape index (κ1) is 20.5. The highest BCUT2D eigenvalue weighted by Crippen LogP contribution is 2.41. The molecule has 0 fully saturated rings. The topological polar surface area (TPSA) is 50.8 Å². The molecular weight excluding hydrogens is 372 g/mol. The quantitative estimate of drug-likeness (QED) is 0.695. The predicted molar refractivity (Wildman–Crippen MR) is 108 cm³/mol. The van der Waals surface area contributed by atoms with Gasteiger partial charge in [0.25, 0.3) is 0 Å². The van der Waals surface area contributed by atoms with Crippen LogP contribution in [0.2, 0.25) is 5.02 Å². The number of thiocarbonyl (C=S) groups is 1. The molecule has 0 radical (unpaired) electrons. The van der Waals surface area contributed by atoms with E-state index < -0.39 is 0 Å². The van der Waals surface area contributed by atoms with Crippen LogP contribution < -0.4 is 14.8 Å². The minimum atomic E-state index is -0.379. The van der Waals surface area contributed by atoms with Crippen LogP contribution in [0.15, 0.2) is 23.4 Å². The Kier molecular flexibility index (Phi) is 6.89.